The molecule has 12 heteroatoms. The molecule has 0 unspecified atom stereocenters. The summed E-state index contributed by atoms with van der Waals surface area (Å²) in [5.41, 5.74) is 3.15. The van der Waals surface area contributed by atoms with Crippen molar-refractivity contribution >= 4 is 57.3 Å². The van der Waals surface area contributed by atoms with Gasteiger partial charge in [-0.2, -0.15) is 0 Å². The number of hydrogen-bond donors (Lipinski definition) is 2. The lowest BCUT2D eigenvalue weighted by Crippen LogP contribution is -2.15. The molecule has 0 aliphatic rings. The molecule has 2 aromatic heterocycles. The third-order valence-corrected chi connectivity index (χ3v) is 5.93. The van der Waals surface area contributed by atoms with Crippen LogP contribution in [0.15, 0.2) is 28.9 Å². The van der Waals surface area contributed by atoms with E-state index >= 15 is 0 Å². The van der Waals surface area contributed by atoms with Crippen LogP contribution < -0.4 is 10.6 Å². The molecule has 0 atom stereocenters. The van der Waals surface area contributed by atoms with Crippen LogP contribution in [0, 0.1) is 6.92 Å². The van der Waals surface area contributed by atoms with Crippen molar-refractivity contribution in [3.8, 4) is 0 Å². The Hall–Kier alpha value is -2.50. The number of rotatable bonds is 8. The number of hydrogen-bond acceptors (Lipinski definition) is 8. The summed E-state index contributed by atoms with van der Waals surface area (Å²) in [6.07, 6.45) is 0.673. The first-order valence-corrected chi connectivity index (χ1v) is 10.8. The van der Waals surface area contributed by atoms with Crippen LogP contribution in [0.2, 0.25) is 5.02 Å². The maximum Gasteiger partial charge on any atom is 0.236 e. The molecule has 0 spiro atoms. The van der Waals surface area contributed by atoms with Gasteiger partial charge in [0.2, 0.25) is 16.9 Å². The van der Waals surface area contributed by atoms with Crippen LogP contribution in [0.5, 0.6) is 0 Å². The van der Waals surface area contributed by atoms with Gasteiger partial charge in [-0.3, -0.25) is 14.9 Å². The Bertz CT molecular complexity index is 1010. The summed E-state index contributed by atoms with van der Waals surface area (Å²) in [6.45, 7) is 1.90. The smallest absolute Gasteiger partial charge is 0.236 e. The molecule has 0 aliphatic heterocycles. The molecule has 2 heterocycles. The Labute approximate surface area is 180 Å². The van der Waals surface area contributed by atoms with E-state index in [1.165, 1.54) is 23.1 Å². The number of nitrogens with zero attached hydrogens (tertiary/aromatic N) is 5. The molecule has 0 bridgehead atoms. The number of amides is 2. The summed E-state index contributed by atoms with van der Waals surface area (Å²) in [7, 11) is 1.80. The molecular weight excluding hydrogens is 434 g/mol. The largest absolute Gasteiger partial charge is 0.326 e. The monoisotopic (exact) mass is 451 g/mol. The number of aryl methyl sites for hydroxylation is 2. The lowest BCUT2D eigenvalue weighted by atomic mass is 10.2. The van der Waals surface area contributed by atoms with E-state index in [4.69, 9.17) is 11.6 Å². The third kappa shape index (κ3) is 5.99. The average molecular weight is 452 g/mol. The van der Waals surface area contributed by atoms with Gasteiger partial charge in [0.15, 0.2) is 5.16 Å². The minimum atomic E-state index is -0.201. The van der Waals surface area contributed by atoms with Crippen LogP contribution in [0.1, 0.15) is 17.8 Å². The van der Waals surface area contributed by atoms with E-state index in [9.17, 15) is 9.59 Å². The van der Waals surface area contributed by atoms with Gasteiger partial charge in [0.1, 0.15) is 11.3 Å². The molecule has 0 saturated carbocycles. The number of thioether (sulfide) groups is 1. The molecule has 2 N–H and O–H groups in total. The molecule has 3 rings (SSSR count). The summed E-state index contributed by atoms with van der Waals surface area (Å²) in [5, 5.41) is 22.8. The highest BCUT2D eigenvalue weighted by atomic mass is 35.5. The van der Waals surface area contributed by atoms with Crippen molar-refractivity contribution < 1.29 is 9.59 Å². The van der Waals surface area contributed by atoms with E-state index in [0.29, 0.717) is 33.2 Å². The van der Waals surface area contributed by atoms with E-state index in [1.807, 2.05) is 19.1 Å². The van der Waals surface area contributed by atoms with Crippen LogP contribution in [0.25, 0.3) is 0 Å². The van der Waals surface area contributed by atoms with Crippen molar-refractivity contribution in [3.63, 3.8) is 0 Å². The Balaban J connectivity index is 1.48. The van der Waals surface area contributed by atoms with Crippen molar-refractivity contribution in [2.24, 2.45) is 7.05 Å². The number of nitrogens with one attached hydrogen (secondary N) is 2. The van der Waals surface area contributed by atoms with E-state index in [1.54, 1.807) is 23.2 Å². The Morgan fingerprint density at radius 3 is 2.76 bits per heavy atom. The summed E-state index contributed by atoms with van der Waals surface area (Å²) in [5.74, 6) is 0.486. The summed E-state index contributed by atoms with van der Waals surface area (Å²) in [4.78, 5) is 24.1. The normalized spacial score (nSPS) is 10.7. The number of halogens is 1. The number of anilines is 2. The second-order valence-electron chi connectivity index (χ2n) is 6.05. The second-order valence-corrected chi connectivity index (χ2v) is 8.23. The van der Waals surface area contributed by atoms with E-state index < -0.39 is 0 Å². The molecule has 9 nitrogen and oxygen atoms in total. The molecule has 0 aliphatic carbocycles. The average Bonchev–Trinajstić information content (AvgIpc) is 3.31. The maximum atomic E-state index is 12.2. The highest BCUT2D eigenvalue weighted by Crippen LogP contribution is 2.21. The predicted molar refractivity (Wildman–Crippen MR) is 113 cm³/mol. The van der Waals surface area contributed by atoms with Crippen molar-refractivity contribution in [3.05, 3.63) is 40.1 Å². The SMILES string of the molecule is Cc1ccc(NC(=O)CCc2nnc(SCC(=O)Nc3nncs3)n2C)cc1Cl. The van der Waals surface area contributed by atoms with E-state index in [0.717, 1.165) is 5.56 Å². The number of carbonyl (C=O) groups is 2. The predicted octanol–water partition coefficient (Wildman–Crippen LogP) is 2.93. The quantitative estimate of drug-likeness (QED) is 0.506. The van der Waals surface area contributed by atoms with Crippen LogP contribution in [-0.4, -0.2) is 42.5 Å². The van der Waals surface area contributed by atoms with Gasteiger partial charge in [-0.1, -0.05) is 40.8 Å². The van der Waals surface area contributed by atoms with Crippen molar-refractivity contribution in [1.82, 2.24) is 25.0 Å². The molecule has 0 fully saturated rings. The lowest BCUT2D eigenvalue weighted by molar-refractivity contribution is -0.116. The minimum absolute atomic E-state index is 0.140. The molecule has 3 aromatic rings. The van der Waals surface area contributed by atoms with Gasteiger partial charge in [0.25, 0.3) is 0 Å². The maximum absolute atomic E-state index is 12.2. The van der Waals surface area contributed by atoms with Crippen LogP contribution in [-0.2, 0) is 23.1 Å². The van der Waals surface area contributed by atoms with Crippen molar-refractivity contribution in [2.75, 3.05) is 16.4 Å². The second kappa shape index (κ2) is 9.81. The summed E-state index contributed by atoms with van der Waals surface area (Å²) in [6, 6.07) is 5.38. The van der Waals surface area contributed by atoms with Gasteiger partial charge < -0.3 is 9.88 Å². The first-order valence-electron chi connectivity index (χ1n) is 8.55. The summed E-state index contributed by atoms with van der Waals surface area (Å²) < 4.78 is 1.78. The van der Waals surface area contributed by atoms with Gasteiger partial charge in [0.05, 0.1) is 5.75 Å². The molecule has 0 radical (unpaired) electrons. The van der Waals surface area contributed by atoms with Crippen molar-refractivity contribution in [1.29, 1.82) is 0 Å². The standard InChI is InChI=1S/C17H18ClN7O2S2/c1-10-3-4-11(7-12(10)18)20-14(26)6-5-13-22-24-17(25(13)2)28-8-15(27)21-16-23-19-9-29-16/h3-4,7,9H,5-6,8H2,1-2H3,(H,20,26)(H,21,23,27). The van der Waals surface area contributed by atoms with E-state index in [-0.39, 0.29) is 24.0 Å². The fourth-order valence-corrected chi connectivity index (χ4v) is 3.69. The van der Waals surface area contributed by atoms with Crippen LogP contribution in [0.4, 0.5) is 10.8 Å². The number of carbonyl (C=O) groups excluding carboxylic acids is 2. The van der Waals surface area contributed by atoms with Crippen molar-refractivity contribution in [2.45, 2.75) is 24.9 Å². The molecule has 2 amide bonds. The van der Waals surface area contributed by atoms with Gasteiger partial charge in [-0.05, 0) is 24.6 Å². The van der Waals surface area contributed by atoms with Gasteiger partial charge in [-0.15, -0.1) is 20.4 Å². The topological polar surface area (TPSA) is 115 Å². The van der Waals surface area contributed by atoms with Gasteiger partial charge in [0, 0.05) is 30.6 Å². The van der Waals surface area contributed by atoms with Crippen LogP contribution in [0.3, 0.4) is 0 Å². The molecule has 1 aromatic carbocycles. The van der Waals surface area contributed by atoms with E-state index in [2.05, 4.69) is 31.0 Å². The minimum Gasteiger partial charge on any atom is -0.326 e. The lowest BCUT2D eigenvalue weighted by Gasteiger charge is -2.07. The fraction of sp³-hybridized carbons (Fsp3) is 0.294. The zero-order valence-corrected chi connectivity index (χ0v) is 18.1. The zero-order valence-electron chi connectivity index (χ0n) is 15.7. The zero-order chi connectivity index (χ0) is 20.8. The first-order chi connectivity index (χ1) is 13.9. The third-order valence-electron chi connectivity index (χ3n) is 3.90. The van der Waals surface area contributed by atoms with Crippen LogP contribution >= 0.6 is 34.7 Å². The Morgan fingerprint density at radius 1 is 1.21 bits per heavy atom. The first kappa shape index (κ1) is 21.2. The van der Waals surface area contributed by atoms with Gasteiger partial charge in [-0.25, -0.2) is 0 Å². The highest BCUT2D eigenvalue weighted by molar-refractivity contribution is 7.99. The van der Waals surface area contributed by atoms with Gasteiger partial charge >= 0.3 is 0 Å². The molecule has 29 heavy (non-hydrogen) atoms. The molecule has 152 valence electrons. The number of aromatic nitrogens is 5. The Morgan fingerprint density at radius 2 is 2.03 bits per heavy atom. The molecule has 0 saturated heterocycles. The number of benzene rings is 1. The Kier molecular flexibility index (Phi) is 7.18. The summed E-state index contributed by atoms with van der Waals surface area (Å²) >= 11 is 8.58. The fourth-order valence-electron chi connectivity index (χ4n) is 2.32. The highest BCUT2D eigenvalue weighted by Gasteiger charge is 2.14. The molecular formula is C17H18ClN7O2S2.